The first-order valence-electron chi connectivity index (χ1n) is 8.08. The molecule has 4 rings (SSSR count). The lowest BCUT2D eigenvalue weighted by molar-refractivity contribution is 0.0734. The number of halogens is 1. The highest BCUT2D eigenvalue weighted by molar-refractivity contribution is 9.10. The number of anilines is 2. The molecule has 0 bridgehead atoms. The Morgan fingerprint density at radius 2 is 1.96 bits per heavy atom. The number of nitrogens with zero attached hydrogens (tertiary/aromatic N) is 3. The molecule has 0 unspecified atom stereocenters. The number of esters is 1. The zero-order valence-electron chi connectivity index (χ0n) is 14.0. The number of carbonyl (C=O) groups excluding carboxylic acids is 1. The molecule has 2 heterocycles. The standard InChI is InChI=1S/C20H13BrN4O2/c21-14-4-1-5-15(9-14)25-19-17-10-16(6-7-18(17)23-12-24-19)27-20(26)13-3-2-8-22-11-13/h1-12H,(H,23,24,25). The first-order chi connectivity index (χ1) is 13.2. The molecule has 1 N–H and O–H groups in total. The summed E-state index contributed by atoms with van der Waals surface area (Å²) in [6, 6.07) is 16.3. The fourth-order valence-electron chi connectivity index (χ4n) is 2.55. The molecule has 0 aliphatic rings. The van der Waals surface area contributed by atoms with Crippen LogP contribution < -0.4 is 10.1 Å². The van der Waals surface area contributed by atoms with Crippen LogP contribution in [0.4, 0.5) is 11.5 Å². The number of hydrogen-bond acceptors (Lipinski definition) is 6. The molecule has 6 nitrogen and oxygen atoms in total. The molecular weight excluding hydrogens is 408 g/mol. The Balaban J connectivity index is 1.66. The summed E-state index contributed by atoms with van der Waals surface area (Å²) in [5, 5.41) is 4.01. The van der Waals surface area contributed by atoms with E-state index >= 15 is 0 Å². The molecule has 0 aliphatic carbocycles. The Morgan fingerprint density at radius 3 is 2.78 bits per heavy atom. The second-order valence-electron chi connectivity index (χ2n) is 5.67. The van der Waals surface area contributed by atoms with Gasteiger partial charge in [0.15, 0.2) is 0 Å². The average molecular weight is 421 g/mol. The molecule has 0 aliphatic heterocycles. The maximum Gasteiger partial charge on any atom is 0.345 e. The molecule has 27 heavy (non-hydrogen) atoms. The van der Waals surface area contributed by atoms with E-state index in [0.717, 1.165) is 21.1 Å². The summed E-state index contributed by atoms with van der Waals surface area (Å²) in [6.07, 6.45) is 4.56. The van der Waals surface area contributed by atoms with Crippen molar-refractivity contribution < 1.29 is 9.53 Å². The van der Waals surface area contributed by atoms with Gasteiger partial charge in [-0.05, 0) is 48.5 Å². The van der Waals surface area contributed by atoms with Crippen LogP contribution in [0.15, 0.2) is 77.8 Å². The molecule has 2 aromatic carbocycles. The van der Waals surface area contributed by atoms with E-state index in [2.05, 4.69) is 36.2 Å². The third-order valence-corrected chi connectivity index (χ3v) is 4.30. The first kappa shape index (κ1) is 17.1. The van der Waals surface area contributed by atoms with Crippen LogP contribution in [0.2, 0.25) is 0 Å². The van der Waals surface area contributed by atoms with Gasteiger partial charge < -0.3 is 10.1 Å². The fraction of sp³-hybridized carbons (Fsp3) is 0. The molecule has 0 amide bonds. The number of benzene rings is 2. The number of aromatic nitrogens is 3. The van der Waals surface area contributed by atoms with Gasteiger partial charge in [-0.25, -0.2) is 14.8 Å². The van der Waals surface area contributed by atoms with Crippen LogP contribution >= 0.6 is 15.9 Å². The van der Waals surface area contributed by atoms with Gasteiger partial charge in [-0.1, -0.05) is 22.0 Å². The van der Waals surface area contributed by atoms with E-state index in [1.165, 1.54) is 12.5 Å². The molecule has 2 aromatic heterocycles. The summed E-state index contributed by atoms with van der Waals surface area (Å²) in [5.74, 6) is 0.557. The zero-order valence-corrected chi connectivity index (χ0v) is 15.6. The number of carbonyl (C=O) groups is 1. The van der Waals surface area contributed by atoms with E-state index in [4.69, 9.17) is 4.74 Å². The first-order valence-corrected chi connectivity index (χ1v) is 8.88. The predicted octanol–water partition coefficient (Wildman–Crippen LogP) is 4.75. The monoisotopic (exact) mass is 420 g/mol. The van der Waals surface area contributed by atoms with Gasteiger partial charge in [0.25, 0.3) is 0 Å². The Labute approximate surface area is 163 Å². The molecule has 0 saturated heterocycles. The molecule has 7 heteroatoms. The van der Waals surface area contributed by atoms with Gasteiger partial charge in [-0.2, -0.15) is 0 Å². The molecule has 132 valence electrons. The van der Waals surface area contributed by atoms with E-state index in [0.29, 0.717) is 17.1 Å². The highest BCUT2D eigenvalue weighted by Crippen LogP contribution is 2.28. The molecule has 0 atom stereocenters. The molecule has 4 aromatic rings. The Kier molecular flexibility index (Phi) is 4.76. The molecular formula is C20H13BrN4O2. The van der Waals surface area contributed by atoms with Gasteiger partial charge in [0.1, 0.15) is 17.9 Å². The molecule has 0 saturated carbocycles. The van der Waals surface area contributed by atoms with Crippen molar-refractivity contribution in [3.05, 3.63) is 83.4 Å². The summed E-state index contributed by atoms with van der Waals surface area (Å²) in [4.78, 5) is 24.8. The van der Waals surface area contributed by atoms with Crippen LogP contribution in [0.1, 0.15) is 10.4 Å². The topological polar surface area (TPSA) is 77.0 Å². The van der Waals surface area contributed by atoms with Crippen LogP contribution in [0.5, 0.6) is 5.75 Å². The third-order valence-electron chi connectivity index (χ3n) is 3.80. The van der Waals surface area contributed by atoms with Crippen LogP contribution in [-0.2, 0) is 0 Å². The van der Waals surface area contributed by atoms with Gasteiger partial charge in [0, 0.05) is 27.9 Å². The predicted molar refractivity (Wildman–Crippen MR) is 106 cm³/mol. The van der Waals surface area contributed by atoms with Crippen molar-refractivity contribution in [3.8, 4) is 5.75 Å². The average Bonchev–Trinajstić information content (AvgIpc) is 2.69. The quantitative estimate of drug-likeness (QED) is 0.379. The summed E-state index contributed by atoms with van der Waals surface area (Å²) in [7, 11) is 0. The number of fused-ring (bicyclic) bond motifs is 1. The Morgan fingerprint density at radius 1 is 1.04 bits per heavy atom. The van der Waals surface area contributed by atoms with Gasteiger partial charge in [0.05, 0.1) is 11.1 Å². The number of pyridine rings is 1. The minimum atomic E-state index is -0.471. The highest BCUT2D eigenvalue weighted by atomic mass is 79.9. The Bertz CT molecular complexity index is 1120. The van der Waals surface area contributed by atoms with Crippen LogP contribution in [-0.4, -0.2) is 20.9 Å². The molecule has 0 fully saturated rings. The number of hydrogen-bond donors (Lipinski definition) is 1. The van der Waals surface area contributed by atoms with E-state index in [1.807, 2.05) is 24.3 Å². The van der Waals surface area contributed by atoms with Gasteiger partial charge in [-0.15, -0.1) is 0 Å². The van der Waals surface area contributed by atoms with E-state index < -0.39 is 5.97 Å². The second-order valence-corrected chi connectivity index (χ2v) is 6.58. The summed E-state index contributed by atoms with van der Waals surface area (Å²) >= 11 is 3.45. The van der Waals surface area contributed by atoms with Crippen LogP contribution in [0, 0.1) is 0 Å². The maximum absolute atomic E-state index is 12.2. The lowest BCUT2D eigenvalue weighted by atomic mass is 10.2. The summed E-state index contributed by atoms with van der Waals surface area (Å²) in [5.41, 5.74) is 2.00. The van der Waals surface area contributed by atoms with Gasteiger partial charge >= 0.3 is 5.97 Å². The molecule has 0 radical (unpaired) electrons. The van der Waals surface area contributed by atoms with Crippen molar-refractivity contribution in [2.75, 3.05) is 5.32 Å². The van der Waals surface area contributed by atoms with Crippen molar-refractivity contribution in [2.45, 2.75) is 0 Å². The summed E-state index contributed by atoms with van der Waals surface area (Å²) < 4.78 is 6.42. The van der Waals surface area contributed by atoms with Crippen molar-refractivity contribution in [1.29, 1.82) is 0 Å². The Hall–Kier alpha value is -3.32. The lowest BCUT2D eigenvalue weighted by Gasteiger charge is -2.10. The highest BCUT2D eigenvalue weighted by Gasteiger charge is 2.11. The minimum Gasteiger partial charge on any atom is -0.423 e. The van der Waals surface area contributed by atoms with Crippen LogP contribution in [0.25, 0.3) is 10.9 Å². The van der Waals surface area contributed by atoms with E-state index in [9.17, 15) is 4.79 Å². The van der Waals surface area contributed by atoms with Crippen molar-refractivity contribution in [3.63, 3.8) is 0 Å². The van der Waals surface area contributed by atoms with Crippen LogP contribution in [0.3, 0.4) is 0 Å². The number of ether oxygens (including phenoxy) is 1. The number of nitrogens with one attached hydrogen (secondary N) is 1. The van der Waals surface area contributed by atoms with E-state index in [-0.39, 0.29) is 0 Å². The van der Waals surface area contributed by atoms with Gasteiger partial charge in [0.2, 0.25) is 0 Å². The smallest absolute Gasteiger partial charge is 0.345 e. The lowest BCUT2D eigenvalue weighted by Crippen LogP contribution is -2.08. The minimum absolute atomic E-state index is 0.384. The van der Waals surface area contributed by atoms with Crippen molar-refractivity contribution in [1.82, 2.24) is 15.0 Å². The van der Waals surface area contributed by atoms with Gasteiger partial charge in [-0.3, -0.25) is 4.98 Å². The van der Waals surface area contributed by atoms with E-state index in [1.54, 1.807) is 36.5 Å². The fourth-order valence-corrected chi connectivity index (χ4v) is 2.95. The summed E-state index contributed by atoms with van der Waals surface area (Å²) in [6.45, 7) is 0. The third kappa shape index (κ3) is 3.93. The van der Waals surface area contributed by atoms with Crippen molar-refractivity contribution >= 4 is 44.3 Å². The molecule has 0 spiro atoms. The normalized spacial score (nSPS) is 10.6. The number of rotatable bonds is 4. The zero-order chi connectivity index (χ0) is 18.6. The maximum atomic E-state index is 12.2. The van der Waals surface area contributed by atoms with Crippen molar-refractivity contribution in [2.24, 2.45) is 0 Å². The second kappa shape index (κ2) is 7.51. The largest absolute Gasteiger partial charge is 0.423 e. The SMILES string of the molecule is O=C(Oc1ccc2ncnc(Nc3cccc(Br)c3)c2c1)c1cccnc1.